The van der Waals surface area contributed by atoms with Gasteiger partial charge < -0.3 is 10.4 Å². The molecule has 3 rings (SSSR count). The number of carboxylic acids is 1. The molecule has 0 aliphatic heterocycles. The maximum atomic E-state index is 12.3. The van der Waals surface area contributed by atoms with Crippen molar-refractivity contribution in [2.24, 2.45) is 29.6 Å². The van der Waals surface area contributed by atoms with Crippen LogP contribution in [0.5, 0.6) is 0 Å². The van der Waals surface area contributed by atoms with Crippen molar-refractivity contribution in [3.05, 3.63) is 12.2 Å². The fraction of sp³-hybridized carbons (Fsp3) is 0.714. The van der Waals surface area contributed by atoms with Crippen LogP contribution in [0, 0.1) is 29.6 Å². The molecule has 3 aliphatic rings. The van der Waals surface area contributed by atoms with Gasteiger partial charge in [0.1, 0.15) is 0 Å². The fourth-order valence-electron chi connectivity index (χ4n) is 3.83. The van der Waals surface area contributed by atoms with E-state index in [0.717, 1.165) is 19.3 Å². The number of fused-ring (bicyclic) bond motifs is 2. The highest BCUT2D eigenvalue weighted by atomic mass is 16.4. The summed E-state index contributed by atoms with van der Waals surface area (Å²) in [6.07, 6.45) is 6.88. The van der Waals surface area contributed by atoms with Gasteiger partial charge in [0.25, 0.3) is 0 Å². The Kier molecular flexibility index (Phi) is 2.68. The zero-order chi connectivity index (χ0) is 12.9. The van der Waals surface area contributed by atoms with Crippen LogP contribution in [0.15, 0.2) is 12.2 Å². The predicted molar refractivity (Wildman–Crippen MR) is 65.7 cm³/mol. The Morgan fingerprint density at radius 2 is 1.72 bits per heavy atom. The minimum Gasteiger partial charge on any atom is -0.481 e. The van der Waals surface area contributed by atoms with Gasteiger partial charge in [0.15, 0.2) is 0 Å². The van der Waals surface area contributed by atoms with Gasteiger partial charge >= 0.3 is 5.97 Å². The van der Waals surface area contributed by atoms with E-state index in [1.807, 2.05) is 12.2 Å². The standard InChI is InChI=1S/C14H19NO3/c1-7-4-10(5-7)15-13(16)11-8-2-3-9(6-8)12(11)14(17)18/h2-3,7-12H,4-6H2,1H3,(H,15,16)(H,17,18). The van der Waals surface area contributed by atoms with Gasteiger partial charge in [-0.05, 0) is 37.0 Å². The first-order valence-electron chi connectivity index (χ1n) is 6.77. The number of nitrogens with one attached hydrogen (secondary N) is 1. The average molecular weight is 249 g/mol. The fourth-order valence-corrected chi connectivity index (χ4v) is 3.83. The first-order chi connectivity index (χ1) is 8.56. The third-order valence-corrected chi connectivity index (χ3v) is 4.77. The minimum atomic E-state index is -0.825. The summed E-state index contributed by atoms with van der Waals surface area (Å²) >= 11 is 0. The second-order valence-electron chi connectivity index (χ2n) is 6.12. The maximum Gasteiger partial charge on any atom is 0.307 e. The summed E-state index contributed by atoms with van der Waals surface area (Å²) in [4.78, 5) is 23.6. The van der Waals surface area contributed by atoms with Gasteiger partial charge in [-0.15, -0.1) is 0 Å². The Labute approximate surface area is 106 Å². The summed E-state index contributed by atoms with van der Waals surface area (Å²) in [5.74, 6) is -0.862. The van der Waals surface area contributed by atoms with Crippen molar-refractivity contribution in [2.45, 2.75) is 32.2 Å². The molecule has 2 bridgehead atoms. The van der Waals surface area contributed by atoms with E-state index >= 15 is 0 Å². The van der Waals surface area contributed by atoms with E-state index in [-0.39, 0.29) is 29.7 Å². The van der Waals surface area contributed by atoms with Crippen LogP contribution in [0.3, 0.4) is 0 Å². The lowest BCUT2D eigenvalue weighted by Gasteiger charge is -2.35. The number of allylic oxidation sites excluding steroid dienone is 2. The molecule has 0 aromatic heterocycles. The number of hydrogen-bond acceptors (Lipinski definition) is 2. The Hall–Kier alpha value is -1.32. The van der Waals surface area contributed by atoms with E-state index in [9.17, 15) is 14.7 Å². The Morgan fingerprint density at radius 3 is 2.28 bits per heavy atom. The first kappa shape index (κ1) is 11.8. The molecule has 0 aromatic rings. The smallest absolute Gasteiger partial charge is 0.307 e. The van der Waals surface area contributed by atoms with Crippen LogP contribution in [-0.2, 0) is 9.59 Å². The lowest BCUT2D eigenvalue weighted by atomic mass is 9.79. The predicted octanol–water partition coefficient (Wildman–Crippen LogP) is 1.42. The number of carboxylic acid groups (broad SMARTS) is 1. The lowest BCUT2D eigenvalue weighted by Crippen LogP contribution is -2.48. The number of amides is 1. The third-order valence-electron chi connectivity index (χ3n) is 4.77. The van der Waals surface area contributed by atoms with Gasteiger partial charge in [0.05, 0.1) is 11.8 Å². The molecule has 0 heterocycles. The molecule has 18 heavy (non-hydrogen) atoms. The van der Waals surface area contributed by atoms with Crippen molar-refractivity contribution in [1.29, 1.82) is 0 Å². The SMILES string of the molecule is CC1CC(NC(=O)C2C3C=CC(C3)C2C(=O)O)C1. The molecule has 4 atom stereocenters. The highest BCUT2D eigenvalue weighted by Crippen LogP contribution is 2.48. The number of carbonyl (C=O) groups excluding carboxylic acids is 1. The highest BCUT2D eigenvalue weighted by molar-refractivity contribution is 5.87. The second kappa shape index (κ2) is 4.11. The van der Waals surface area contributed by atoms with Crippen LogP contribution in [-0.4, -0.2) is 23.0 Å². The molecule has 0 radical (unpaired) electrons. The molecule has 98 valence electrons. The monoisotopic (exact) mass is 249 g/mol. The molecule has 2 saturated carbocycles. The van der Waals surface area contributed by atoms with Crippen molar-refractivity contribution in [3.63, 3.8) is 0 Å². The van der Waals surface area contributed by atoms with Crippen LogP contribution < -0.4 is 5.32 Å². The van der Waals surface area contributed by atoms with Crippen LogP contribution in [0.25, 0.3) is 0 Å². The second-order valence-corrected chi connectivity index (χ2v) is 6.12. The van der Waals surface area contributed by atoms with E-state index < -0.39 is 11.9 Å². The molecular formula is C14H19NO3. The topological polar surface area (TPSA) is 66.4 Å². The van der Waals surface area contributed by atoms with Crippen LogP contribution >= 0.6 is 0 Å². The minimum absolute atomic E-state index is 0.0452. The van der Waals surface area contributed by atoms with Crippen molar-refractivity contribution in [2.75, 3.05) is 0 Å². The number of carbonyl (C=O) groups is 2. The van der Waals surface area contributed by atoms with Crippen molar-refractivity contribution >= 4 is 11.9 Å². The van der Waals surface area contributed by atoms with Crippen LogP contribution in [0.1, 0.15) is 26.2 Å². The van der Waals surface area contributed by atoms with Gasteiger partial charge in [0.2, 0.25) is 5.91 Å². The average Bonchev–Trinajstić information content (AvgIpc) is 2.85. The molecule has 2 N–H and O–H groups in total. The van der Waals surface area contributed by atoms with E-state index in [2.05, 4.69) is 12.2 Å². The lowest BCUT2D eigenvalue weighted by molar-refractivity contribution is -0.148. The number of rotatable bonds is 3. The van der Waals surface area contributed by atoms with E-state index in [1.165, 1.54) is 0 Å². The highest BCUT2D eigenvalue weighted by Gasteiger charge is 2.52. The Balaban J connectivity index is 1.68. The van der Waals surface area contributed by atoms with E-state index in [0.29, 0.717) is 5.92 Å². The summed E-state index contributed by atoms with van der Waals surface area (Å²) in [6.45, 7) is 2.17. The summed E-state index contributed by atoms with van der Waals surface area (Å²) in [7, 11) is 0. The van der Waals surface area contributed by atoms with Crippen LogP contribution in [0.2, 0.25) is 0 Å². The zero-order valence-electron chi connectivity index (χ0n) is 10.5. The molecule has 4 nitrogen and oxygen atoms in total. The van der Waals surface area contributed by atoms with E-state index in [4.69, 9.17) is 0 Å². The zero-order valence-corrected chi connectivity index (χ0v) is 10.5. The molecule has 0 spiro atoms. The van der Waals surface area contributed by atoms with E-state index in [1.54, 1.807) is 0 Å². The van der Waals surface area contributed by atoms with Gasteiger partial charge in [-0.2, -0.15) is 0 Å². The summed E-state index contributed by atoms with van der Waals surface area (Å²) in [6, 6.07) is 0.269. The molecule has 2 fully saturated rings. The molecule has 4 unspecified atom stereocenters. The summed E-state index contributed by atoms with van der Waals surface area (Å²) in [5, 5.41) is 12.3. The molecule has 3 aliphatic carbocycles. The molecule has 0 saturated heterocycles. The quantitative estimate of drug-likeness (QED) is 0.743. The van der Waals surface area contributed by atoms with Gasteiger partial charge in [0, 0.05) is 6.04 Å². The largest absolute Gasteiger partial charge is 0.481 e. The van der Waals surface area contributed by atoms with Crippen LogP contribution in [0.4, 0.5) is 0 Å². The normalized spacial score (nSPS) is 44.7. The summed E-state index contributed by atoms with van der Waals surface area (Å²) < 4.78 is 0. The maximum absolute atomic E-state index is 12.3. The van der Waals surface area contributed by atoms with Gasteiger partial charge in [-0.25, -0.2) is 0 Å². The first-order valence-corrected chi connectivity index (χ1v) is 6.77. The number of hydrogen-bond donors (Lipinski definition) is 2. The summed E-state index contributed by atoms with van der Waals surface area (Å²) in [5.41, 5.74) is 0. The van der Waals surface area contributed by atoms with Crippen molar-refractivity contribution in [1.82, 2.24) is 5.32 Å². The van der Waals surface area contributed by atoms with Gasteiger partial charge in [-0.3, -0.25) is 9.59 Å². The van der Waals surface area contributed by atoms with Crippen molar-refractivity contribution < 1.29 is 14.7 Å². The third kappa shape index (κ3) is 1.74. The Bertz CT molecular complexity index is 411. The van der Waals surface area contributed by atoms with Crippen molar-refractivity contribution in [3.8, 4) is 0 Å². The molecule has 1 amide bonds. The van der Waals surface area contributed by atoms with Gasteiger partial charge in [-0.1, -0.05) is 19.1 Å². The molecule has 0 aromatic carbocycles. The molecular weight excluding hydrogens is 230 g/mol. The molecule has 4 heteroatoms. The number of aliphatic carboxylic acids is 1. The Morgan fingerprint density at radius 1 is 1.11 bits per heavy atom.